The topological polar surface area (TPSA) is 37.8 Å². The van der Waals surface area contributed by atoms with Crippen molar-refractivity contribution in [3.63, 3.8) is 0 Å². The number of anilines is 1. The largest absolute Gasteiger partial charge is 0.368 e. The van der Waals surface area contributed by atoms with Gasteiger partial charge in [0.2, 0.25) is 0 Å². The average Bonchev–Trinajstić information content (AvgIpc) is 2.16. The van der Waals surface area contributed by atoms with Crippen molar-refractivity contribution in [2.75, 3.05) is 5.32 Å². The summed E-state index contributed by atoms with van der Waals surface area (Å²) in [6.07, 6.45) is 5.08. The van der Waals surface area contributed by atoms with E-state index in [1.165, 1.54) is 25.7 Å². The second kappa shape index (κ2) is 6.46. The quantitative estimate of drug-likeness (QED) is 0.747. The lowest BCUT2D eigenvalue weighted by Crippen LogP contribution is -2.16. The van der Waals surface area contributed by atoms with Gasteiger partial charge in [-0.05, 0) is 27.2 Å². The molecule has 1 rings (SSSR count). The van der Waals surface area contributed by atoms with Gasteiger partial charge in [0.05, 0.1) is 0 Å². The van der Waals surface area contributed by atoms with Gasteiger partial charge in [0.25, 0.3) is 0 Å². The summed E-state index contributed by atoms with van der Waals surface area (Å²) >= 11 is 0. The van der Waals surface area contributed by atoms with Gasteiger partial charge in [-0.25, -0.2) is 9.97 Å². The number of hydrogen-bond donors (Lipinski definition) is 1. The predicted molar refractivity (Wildman–Crippen MR) is 68.7 cm³/mol. The zero-order valence-electron chi connectivity index (χ0n) is 10.9. The van der Waals surface area contributed by atoms with Crippen molar-refractivity contribution < 1.29 is 0 Å². The Balaban J connectivity index is 2.45. The van der Waals surface area contributed by atoms with Gasteiger partial charge < -0.3 is 5.32 Å². The molecule has 1 heterocycles. The first-order chi connectivity index (χ1) is 7.61. The molecule has 3 nitrogen and oxygen atoms in total. The smallest absolute Gasteiger partial charge is 0.130 e. The Bertz CT molecular complexity index is 303. The van der Waals surface area contributed by atoms with Gasteiger partial charge in [0.1, 0.15) is 11.6 Å². The Kier molecular flexibility index (Phi) is 5.23. The number of nitrogens with one attached hydrogen (secondary N) is 1. The summed E-state index contributed by atoms with van der Waals surface area (Å²) in [5.41, 5.74) is 1.02. The number of unbranched alkanes of at least 4 members (excludes halogenated alkanes) is 2. The fraction of sp³-hybridized carbons (Fsp3) is 0.692. The summed E-state index contributed by atoms with van der Waals surface area (Å²) in [6, 6.07) is 2.49. The maximum absolute atomic E-state index is 4.38. The molecule has 1 aromatic heterocycles. The van der Waals surface area contributed by atoms with Crippen molar-refractivity contribution in [1.82, 2.24) is 9.97 Å². The minimum atomic E-state index is 0.486. The van der Waals surface area contributed by atoms with Crippen molar-refractivity contribution in [3.05, 3.63) is 17.6 Å². The first-order valence-corrected chi connectivity index (χ1v) is 6.20. The van der Waals surface area contributed by atoms with E-state index in [0.29, 0.717) is 6.04 Å². The summed E-state index contributed by atoms with van der Waals surface area (Å²) in [7, 11) is 0. The molecule has 0 spiro atoms. The molecule has 1 aromatic rings. The summed E-state index contributed by atoms with van der Waals surface area (Å²) < 4.78 is 0. The Labute approximate surface area is 98.7 Å². The first kappa shape index (κ1) is 12.9. The van der Waals surface area contributed by atoms with Gasteiger partial charge in [-0.3, -0.25) is 0 Å². The summed E-state index contributed by atoms with van der Waals surface area (Å²) in [4.78, 5) is 8.65. The molecule has 0 saturated heterocycles. The molecule has 1 atom stereocenters. The van der Waals surface area contributed by atoms with Crippen molar-refractivity contribution in [3.8, 4) is 0 Å². The summed E-state index contributed by atoms with van der Waals surface area (Å²) in [5.74, 6) is 1.79. The van der Waals surface area contributed by atoms with Gasteiger partial charge >= 0.3 is 0 Å². The third-order valence-electron chi connectivity index (χ3n) is 2.60. The summed E-state index contributed by atoms with van der Waals surface area (Å²) in [5, 5.41) is 3.43. The van der Waals surface area contributed by atoms with Crippen LogP contribution in [0.25, 0.3) is 0 Å². The highest BCUT2D eigenvalue weighted by Crippen LogP contribution is 2.10. The Hall–Kier alpha value is -1.12. The molecule has 0 radical (unpaired) electrons. The predicted octanol–water partition coefficient (Wildman–Crippen LogP) is 3.47. The average molecular weight is 221 g/mol. The van der Waals surface area contributed by atoms with Gasteiger partial charge in [-0.15, -0.1) is 0 Å². The SMILES string of the molecule is CCCCCC(C)Nc1cc(C)nc(C)n1. The third kappa shape index (κ3) is 4.60. The molecular formula is C13H23N3. The van der Waals surface area contributed by atoms with E-state index < -0.39 is 0 Å². The highest BCUT2D eigenvalue weighted by atomic mass is 15.0. The van der Waals surface area contributed by atoms with E-state index in [-0.39, 0.29) is 0 Å². The van der Waals surface area contributed by atoms with Crippen molar-refractivity contribution in [2.45, 2.75) is 59.4 Å². The Morgan fingerprint density at radius 1 is 1.25 bits per heavy atom. The van der Waals surface area contributed by atoms with Crippen LogP contribution in [0.1, 0.15) is 51.0 Å². The van der Waals surface area contributed by atoms with Crippen LogP contribution >= 0.6 is 0 Å². The first-order valence-electron chi connectivity index (χ1n) is 6.20. The monoisotopic (exact) mass is 221 g/mol. The van der Waals surface area contributed by atoms with Crippen LogP contribution in [-0.2, 0) is 0 Å². The fourth-order valence-corrected chi connectivity index (χ4v) is 1.82. The Morgan fingerprint density at radius 3 is 2.62 bits per heavy atom. The molecule has 0 bridgehead atoms. The van der Waals surface area contributed by atoms with E-state index in [2.05, 4.69) is 29.1 Å². The molecule has 16 heavy (non-hydrogen) atoms. The molecule has 90 valence electrons. The zero-order chi connectivity index (χ0) is 12.0. The van der Waals surface area contributed by atoms with Gasteiger partial charge in [-0.2, -0.15) is 0 Å². The third-order valence-corrected chi connectivity index (χ3v) is 2.60. The van der Waals surface area contributed by atoms with Gasteiger partial charge in [0, 0.05) is 17.8 Å². The van der Waals surface area contributed by atoms with Crippen LogP contribution in [0.3, 0.4) is 0 Å². The molecular weight excluding hydrogens is 198 g/mol. The molecule has 0 amide bonds. The lowest BCUT2D eigenvalue weighted by Gasteiger charge is -2.14. The van der Waals surface area contributed by atoms with E-state index in [4.69, 9.17) is 0 Å². The molecule has 0 aromatic carbocycles. The fourth-order valence-electron chi connectivity index (χ4n) is 1.82. The molecule has 1 unspecified atom stereocenters. The van der Waals surface area contributed by atoms with E-state index in [0.717, 1.165) is 17.3 Å². The minimum absolute atomic E-state index is 0.486. The van der Waals surface area contributed by atoms with E-state index in [1.54, 1.807) is 0 Å². The Morgan fingerprint density at radius 2 is 2.00 bits per heavy atom. The highest BCUT2D eigenvalue weighted by molar-refractivity contribution is 5.36. The standard InChI is InChI=1S/C13H23N3/c1-5-6-7-8-10(2)15-13-9-11(3)14-12(4)16-13/h9-10H,5-8H2,1-4H3,(H,14,15,16). The van der Waals surface area contributed by atoms with Gasteiger partial charge in [0.15, 0.2) is 0 Å². The molecule has 0 saturated carbocycles. The number of nitrogens with zero attached hydrogens (tertiary/aromatic N) is 2. The van der Waals surface area contributed by atoms with Crippen LogP contribution in [0, 0.1) is 13.8 Å². The lowest BCUT2D eigenvalue weighted by molar-refractivity contribution is 0.613. The molecule has 0 aliphatic heterocycles. The van der Waals surface area contributed by atoms with Crippen LogP contribution in [0.2, 0.25) is 0 Å². The van der Waals surface area contributed by atoms with E-state index >= 15 is 0 Å². The molecule has 0 fully saturated rings. The lowest BCUT2D eigenvalue weighted by atomic mass is 10.1. The second-order valence-corrected chi connectivity index (χ2v) is 4.48. The number of hydrogen-bond acceptors (Lipinski definition) is 3. The minimum Gasteiger partial charge on any atom is -0.368 e. The van der Waals surface area contributed by atoms with Crippen molar-refractivity contribution in [2.24, 2.45) is 0 Å². The number of rotatable bonds is 6. The number of aromatic nitrogens is 2. The van der Waals surface area contributed by atoms with Gasteiger partial charge in [-0.1, -0.05) is 26.2 Å². The maximum atomic E-state index is 4.38. The molecule has 0 aliphatic rings. The number of aryl methyl sites for hydroxylation is 2. The van der Waals surface area contributed by atoms with Crippen LogP contribution in [0.5, 0.6) is 0 Å². The van der Waals surface area contributed by atoms with Crippen LogP contribution in [0.4, 0.5) is 5.82 Å². The normalized spacial score (nSPS) is 12.5. The zero-order valence-corrected chi connectivity index (χ0v) is 10.9. The van der Waals surface area contributed by atoms with Crippen LogP contribution in [-0.4, -0.2) is 16.0 Å². The molecule has 1 N–H and O–H groups in total. The van der Waals surface area contributed by atoms with E-state index in [1.807, 2.05) is 19.9 Å². The maximum Gasteiger partial charge on any atom is 0.130 e. The summed E-state index contributed by atoms with van der Waals surface area (Å²) in [6.45, 7) is 8.37. The van der Waals surface area contributed by atoms with Crippen LogP contribution < -0.4 is 5.32 Å². The van der Waals surface area contributed by atoms with Crippen LogP contribution in [0.15, 0.2) is 6.07 Å². The second-order valence-electron chi connectivity index (χ2n) is 4.48. The molecule has 3 heteroatoms. The van der Waals surface area contributed by atoms with E-state index in [9.17, 15) is 0 Å². The highest BCUT2D eigenvalue weighted by Gasteiger charge is 2.04. The van der Waals surface area contributed by atoms with Crippen molar-refractivity contribution in [1.29, 1.82) is 0 Å². The van der Waals surface area contributed by atoms with Crippen molar-refractivity contribution >= 4 is 5.82 Å². The molecule has 0 aliphatic carbocycles.